The van der Waals surface area contributed by atoms with Crippen molar-refractivity contribution < 1.29 is 9.90 Å². The molecule has 0 bridgehead atoms. The summed E-state index contributed by atoms with van der Waals surface area (Å²) in [5, 5.41) is 10.8. The van der Waals surface area contributed by atoms with Crippen LogP contribution in [0, 0.1) is 6.92 Å². The molecular formula is C18H23N3O3. The van der Waals surface area contributed by atoms with Crippen LogP contribution in [-0.2, 0) is 11.3 Å². The lowest BCUT2D eigenvalue weighted by atomic mass is 10.1. The third-order valence-corrected chi connectivity index (χ3v) is 4.47. The van der Waals surface area contributed by atoms with Gasteiger partial charge in [-0.3, -0.25) is 14.5 Å². The van der Waals surface area contributed by atoms with Gasteiger partial charge in [-0.1, -0.05) is 11.6 Å². The number of nitrogens with zero attached hydrogens (tertiary/aromatic N) is 2. The Morgan fingerprint density at radius 1 is 1.29 bits per heavy atom. The number of carbonyl (C=O) groups is 1. The second-order valence-corrected chi connectivity index (χ2v) is 6.56. The van der Waals surface area contributed by atoms with E-state index in [0.29, 0.717) is 38.1 Å². The fraction of sp³-hybridized carbons (Fsp3) is 0.444. The number of aromatic amines is 1. The van der Waals surface area contributed by atoms with Crippen molar-refractivity contribution in [2.75, 3.05) is 26.2 Å². The Kier molecular flexibility index (Phi) is 4.69. The predicted octanol–water partition coefficient (Wildman–Crippen LogP) is 0.862. The highest BCUT2D eigenvalue weighted by atomic mass is 16.3. The van der Waals surface area contributed by atoms with Gasteiger partial charge in [0.2, 0.25) is 5.91 Å². The molecule has 6 nitrogen and oxygen atoms in total. The average molecular weight is 329 g/mol. The molecule has 24 heavy (non-hydrogen) atoms. The molecular weight excluding hydrogens is 306 g/mol. The SMILES string of the molecule is CC(=O)N1CCN(Cc2cc(=O)c3cc(C)ccc3[nH]2)CC(O)C1. The van der Waals surface area contributed by atoms with Gasteiger partial charge in [-0.25, -0.2) is 0 Å². The van der Waals surface area contributed by atoms with Gasteiger partial charge in [-0.2, -0.15) is 0 Å². The van der Waals surface area contributed by atoms with Crippen molar-refractivity contribution in [1.82, 2.24) is 14.8 Å². The highest BCUT2D eigenvalue weighted by Crippen LogP contribution is 2.13. The molecule has 0 radical (unpaired) electrons. The van der Waals surface area contributed by atoms with Crippen LogP contribution in [0.5, 0.6) is 0 Å². The summed E-state index contributed by atoms with van der Waals surface area (Å²) in [6.45, 7) is 6.13. The van der Waals surface area contributed by atoms with E-state index in [1.165, 1.54) is 6.92 Å². The number of aryl methyl sites for hydroxylation is 1. The number of β-amino-alcohol motifs (C(OH)–C–C–N with tert-alkyl or cyclic N) is 1. The minimum Gasteiger partial charge on any atom is -0.390 e. The average Bonchev–Trinajstić information content (AvgIpc) is 2.69. The number of hydrogen-bond donors (Lipinski definition) is 2. The number of fused-ring (bicyclic) bond motifs is 1. The van der Waals surface area contributed by atoms with E-state index in [9.17, 15) is 14.7 Å². The van der Waals surface area contributed by atoms with E-state index >= 15 is 0 Å². The summed E-state index contributed by atoms with van der Waals surface area (Å²) in [4.78, 5) is 30.9. The molecule has 0 aliphatic carbocycles. The molecule has 6 heteroatoms. The zero-order chi connectivity index (χ0) is 17.3. The monoisotopic (exact) mass is 329 g/mol. The van der Waals surface area contributed by atoms with Crippen LogP contribution in [0.2, 0.25) is 0 Å². The number of H-pyrrole nitrogens is 1. The number of hydrogen-bond acceptors (Lipinski definition) is 4. The second kappa shape index (κ2) is 6.75. The van der Waals surface area contributed by atoms with Crippen molar-refractivity contribution in [3.8, 4) is 0 Å². The van der Waals surface area contributed by atoms with Gasteiger partial charge in [0.05, 0.1) is 6.10 Å². The number of aliphatic hydroxyl groups excluding tert-OH is 1. The molecule has 2 N–H and O–H groups in total. The van der Waals surface area contributed by atoms with Gasteiger partial charge >= 0.3 is 0 Å². The first-order valence-corrected chi connectivity index (χ1v) is 8.21. The van der Waals surface area contributed by atoms with Crippen molar-refractivity contribution in [3.05, 3.63) is 45.7 Å². The number of aliphatic hydroxyl groups is 1. The molecule has 1 unspecified atom stereocenters. The quantitative estimate of drug-likeness (QED) is 0.857. The minimum atomic E-state index is -0.578. The maximum Gasteiger partial charge on any atom is 0.219 e. The molecule has 1 atom stereocenters. The Morgan fingerprint density at radius 3 is 2.83 bits per heavy atom. The lowest BCUT2D eigenvalue weighted by Gasteiger charge is -2.21. The number of amides is 1. The zero-order valence-corrected chi connectivity index (χ0v) is 14.1. The first kappa shape index (κ1) is 16.7. The van der Waals surface area contributed by atoms with Gasteiger partial charge in [0.1, 0.15) is 0 Å². The maximum atomic E-state index is 12.3. The summed E-state index contributed by atoms with van der Waals surface area (Å²) in [6, 6.07) is 7.41. The van der Waals surface area contributed by atoms with E-state index < -0.39 is 6.10 Å². The maximum absolute atomic E-state index is 12.3. The summed E-state index contributed by atoms with van der Waals surface area (Å²) in [7, 11) is 0. The van der Waals surface area contributed by atoms with Gasteiger partial charge in [-0.05, 0) is 19.1 Å². The van der Waals surface area contributed by atoms with Crippen LogP contribution in [0.4, 0.5) is 0 Å². The van der Waals surface area contributed by atoms with E-state index in [2.05, 4.69) is 9.88 Å². The van der Waals surface area contributed by atoms with Gasteiger partial charge < -0.3 is 15.0 Å². The molecule has 2 aromatic rings. The van der Waals surface area contributed by atoms with Crippen LogP contribution >= 0.6 is 0 Å². The lowest BCUT2D eigenvalue weighted by Crippen LogP contribution is -2.36. The van der Waals surface area contributed by atoms with E-state index in [1.54, 1.807) is 11.0 Å². The Balaban J connectivity index is 1.80. The van der Waals surface area contributed by atoms with Crippen molar-refractivity contribution in [2.24, 2.45) is 0 Å². The Bertz CT molecular complexity index is 815. The van der Waals surface area contributed by atoms with Gasteiger partial charge in [0.25, 0.3) is 0 Å². The zero-order valence-electron chi connectivity index (χ0n) is 14.1. The van der Waals surface area contributed by atoms with Crippen LogP contribution in [0.25, 0.3) is 10.9 Å². The topological polar surface area (TPSA) is 76.6 Å². The molecule has 1 fully saturated rings. The number of benzene rings is 1. The van der Waals surface area contributed by atoms with E-state index in [0.717, 1.165) is 16.8 Å². The summed E-state index contributed by atoms with van der Waals surface area (Å²) < 4.78 is 0. The minimum absolute atomic E-state index is 0.00295. The largest absolute Gasteiger partial charge is 0.390 e. The van der Waals surface area contributed by atoms with E-state index in [4.69, 9.17) is 0 Å². The number of carbonyl (C=O) groups excluding carboxylic acids is 1. The normalized spacial score (nSPS) is 19.5. The number of nitrogens with one attached hydrogen (secondary N) is 1. The van der Waals surface area contributed by atoms with E-state index in [1.807, 2.05) is 25.1 Å². The predicted molar refractivity (Wildman–Crippen MR) is 92.8 cm³/mol. The van der Waals surface area contributed by atoms with Crippen LogP contribution < -0.4 is 5.43 Å². The Labute approximate surface area is 140 Å². The molecule has 1 amide bonds. The number of rotatable bonds is 2. The Hall–Kier alpha value is -2.18. The van der Waals surface area contributed by atoms with Crippen LogP contribution in [0.3, 0.4) is 0 Å². The number of pyridine rings is 1. The second-order valence-electron chi connectivity index (χ2n) is 6.56. The molecule has 2 heterocycles. The third-order valence-electron chi connectivity index (χ3n) is 4.47. The van der Waals surface area contributed by atoms with Crippen molar-refractivity contribution in [3.63, 3.8) is 0 Å². The van der Waals surface area contributed by atoms with Gasteiger partial charge in [0.15, 0.2) is 5.43 Å². The van der Waals surface area contributed by atoms with Gasteiger partial charge in [-0.15, -0.1) is 0 Å². The fourth-order valence-electron chi connectivity index (χ4n) is 3.23. The standard InChI is InChI=1S/C18H23N3O3/c1-12-3-4-17-16(7-12)18(24)8-14(19-17)9-20-5-6-21(13(2)22)11-15(23)10-20/h3-4,7-8,15,23H,5-6,9-11H2,1-2H3,(H,19,24). The van der Waals surface area contributed by atoms with Crippen molar-refractivity contribution >= 4 is 16.8 Å². The molecule has 1 aromatic heterocycles. The lowest BCUT2D eigenvalue weighted by molar-refractivity contribution is -0.129. The first-order chi connectivity index (χ1) is 11.4. The molecule has 1 aliphatic rings. The summed E-state index contributed by atoms with van der Waals surface area (Å²) in [5.74, 6) is -0.0228. The molecule has 1 saturated heterocycles. The van der Waals surface area contributed by atoms with Crippen LogP contribution in [-0.4, -0.2) is 58.1 Å². The molecule has 0 spiro atoms. The van der Waals surface area contributed by atoms with Crippen LogP contribution in [0.15, 0.2) is 29.1 Å². The molecule has 1 aromatic carbocycles. The first-order valence-electron chi connectivity index (χ1n) is 8.21. The molecule has 1 aliphatic heterocycles. The smallest absolute Gasteiger partial charge is 0.219 e. The summed E-state index contributed by atoms with van der Waals surface area (Å²) >= 11 is 0. The third kappa shape index (κ3) is 3.66. The Morgan fingerprint density at radius 2 is 2.08 bits per heavy atom. The van der Waals surface area contributed by atoms with Gasteiger partial charge in [0, 0.05) is 62.3 Å². The van der Waals surface area contributed by atoms with E-state index in [-0.39, 0.29) is 11.3 Å². The summed E-state index contributed by atoms with van der Waals surface area (Å²) in [6.07, 6.45) is -0.578. The van der Waals surface area contributed by atoms with Crippen molar-refractivity contribution in [2.45, 2.75) is 26.5 Å². The molecule has 0 saturated carbocycles. The summed E-state index contributed by atoms with van der Waals surface area (Å²) in [5.41, 5.74) is 2.70. The van der Waals surface area contributed by atoms with Crippen LogP contribution in [0.1, 0.15) is 18.2 Å². The number of aromatic nitrogens is 1. The van der Waals surface area contributed by atoms with Crippen molar-refractivity contribution in [1.29, 1.82) is 0 Å². The highest BCUT2D eigenvalue weighted by Gasteiger charge is 2.22. The fourth-order valence-corrected chi connectivity index (χ4v) is 3.23. The molecule has 3 rings (SSSR count). The molecule has 128 valence electrons. The highest BCUT2D eigenvalue weighted by molar-refractivity contribution is 5.79.